The van der Waals surface area contributed by atoms with Crippen LogP contribution in [0.2, 0.25) is 0 Å². The number of alkyl halides is 1. The molecule has 2 heteroatoms. The Labute approximate surface area is 127 Å². The molecule has 2 aromatic carbocycles. The molecule has 0 aliphatic rings. The maximum atomic E-state index is 9.90. The number of halogens is 1. The van der Waals surface area contributed by atoms with E-state index in [0.29, 0.717) is 0 Å². The summed E-state index contributed by atoms with van der Waals surface area (Å²) in [4.78, 5) is 0. The number of hydrogen-bond donors (Lipinski definition) is 1. The Bertz CT molecular complexity index is 731. The topological polar surface area (TPSA) is 20.2 Å². The summed E-state index contributed by atoms with van der Waals surface area (Å²) >= 11 is 2.36. The highest BCUT2D eigenvalue weighted by Gasteiger charge is 2.11. The van der Waals surface area contributed by atoms with Crippen LogP contribution in [0.3, 0.4) is 0 Å². The van der Waals surface area contributed by atoms with Crippen molar-refractivity contribution in [2.24, 2.45) is 0 Å². The molecule has 0 saturated heterocycles. The van der Waals surface area contributed by atoms with Gasteiger partial charge >= 0.3 is 0 Å². The largest absolute Gasteiger partial charge is 0.508 e. The molecule has 0 saturated carbocycles. The first kappa shape index (κ1) is 14.1. The minimum absolute atomic E-state index is 0.0871. The van der Waals surface area contributed by atoms with Crippen LogP contribution in [0.15, 0.2) is 30.8 Å². The van der Waals surface area contributed by atoms with Gasteiger partial charge in [-0.25, -0.2) is 0 Å². The van der Waals surface area contributed by atoms with E-state index >= 15 is 0 Å². The highest BCUT2D eigenvalue weighted by atomic mass is 127. The Hall–Kier alpha value is -1.29. The smallest absolute Gasteiger partial charge is 0.116 e. The average molecular weight is 364 g/mol. The standard InChI is InChI=1S/C17H17IO/c1-11-14-7-4-5-8-15(14)12(2)17(13(3)19)16(11)9-6-10-18/h4-5,7-8,19H,1-3,6,9-10H2. The normalized spacial score (nSPS) is 10.8. The van der Waals surface area contributed by atoms with Crippen molar-refractivity contribution in [1.29, 1.82) is 0 Å². The van der Waals surface area contributed by atoms with Crippen molar-refractivity contribution in [3.63, 3.8) is 0 Å². The maximum absolute atomic E-state index is 9.90. The third kappa shape index (κ3) is 2.54. The molecule has 0 aliphatic heterocycles. The fraction of sp³-hybridized carbons (Fsp3) is 0.176. The summed E-state index contributed by atoms with van der Waals surface area (Å²) < 4.78 is 1.08. The SMILES string of the molecule is C=C(O)c1c(CCCI)c(=C)c2ccccc2c1=C. The molecule has 1 nitrogen and oxygen atoms in total. The van der Waals surface area contributed by atoms with Crippen molar-refractivity contribution in [2.45, 2.75) is 12.8 Å². The molecule has 0 heterocycles. The minimum Gasteiger partial charge on any atom is -0.508 e. The number of fused-ring (bicyclic) bond motifs is 1. The number of hydrogen-bond acceptors (Lipinski definition) is 1. The first-order valence-corrected chi connectivity index (χ1v) is 7.76. The van der Waals surface area contributed by atoms with Gasteiger partial charge in [-0.15, -0.1) is 0 Å². The first-order chi connectivity index (χ1) is 9.07. The van der Waals surface area contributed by atoms with Crippen LogP contribution in [0.25, 0.3) is 29.7 Å². The van der Waals surface area contributed by atoms with Crippen molar-refractivity contribution in [3.8, 4) is 0 Å². The van der Waals surface area contributed by atoms with Crippen LogP contribution in [-0.2, 0) is 6.42 Å². The van der Waals surface area contributed by atoms with Gasteiger partial charge in [-0.05, 0) is 44.0 Å². The van der Waals surface area contributed by atoms with Gasteiger partial charge < -0.3 is 5.11 Å². The zero-order chi connectivity index (χ0) is 14.0. The van der Waals surface area contributed by atoms with E-state index in [2.05, 4.69) is 48.4 Å². The van der Waals surface area contributed by atoms with Gasteiger partial charge in [0, 0.05) is 5.56 Å². The highest BCUT2D eigenvalue weighted by Crippen LogP contribution is 2.16. The zero-order valence-corrected chi connectivity index (χ0v) is 13.0. The van der Waals surface area contributed by atoms with Gasteiger partial charge in [-0.1, -0.05) is 66.6 Å². The fourth-order valence-electron chi connectivity index (χ4n) is 2.51. The van der Waals surface area contributed by atoms with Crippen LogP contribution >= 0.6 is 22.6 Å². The van der Waals surface area contributed by atoms with Gasteiger partial charge in [-0.2, -0.15) is 0 Å². The Balaban J connectivity index is 2.88. The minimum atomic E-state index is 0.0871. The van der Waals surface area contributed by atoms with Crippen molar-refractivity contribution in [1.82, 2.24) is 0 Å². The molecule has 2 aromatic rings. The molecule has 1 N–H and O–H groups in total. The van der Waals surface area contributed by atoms with Crippen molar-refractivity contribution in [2.75, 3.05) is 4.43 Å². The predicted molar refractivity (Wildman–Crippen MR) is 93.1 cm³/mol. The summed E-state index contributed by atoms with van der Waals surface area (Å²) in [5.41, 5.74) is 1.85. The lowest BCUT2D eigenvalue weighted by Crippen LogP contribution is -2.22. The lowest BCUT2D eigenvalue weighted by atomic mass is 9.93. The Kier molecular flexibility index (Phi) is 4.30. The average Bonchev–Trinajstić information content (AvgIpc) is 2.40. The summed E-state index contributed by atoms with van der Waals surface area (Å²) in [5.74, 6) is 0.0871. The number of aliphatic hydroxyl groups excluding tert-OH is 1. The van der Waals surface area contributed by atoms with E-state index in [1.807, 2.05) is 18.2 Å². The Morgan fingerprint density at radius 2 is 1.68 bits per heavy atom. The zero-order valence-electron chi connectivity index (χ0n) is 10.9. The molecule has 0 aliphatic carbocycles. The quantitative estimate of drug-likeness (QED) is 0.500. The van der Waals surface area contributed by atoms with E-state index in [0.717, 1.165) is 49.6 Å². The maximum Gasteiger partial charge on any atom is 0.116 e. The van der Waals surface area contributed by atoms with E-state index in [9.17, 15) is 5.11 Å². The van der Waals surface area contributed by atoms with Gasteiger partial charge in [0.2, 0.25) is 0 Å². The number of aliphatic hydroxyl groups is 1. The second-order valence-electron chi connectivity index (χ2n) is 4.60. The summed E-state index contributed by atoms with van der Waals surface area (Å²) in [7, 11) is 0. The summed E-state index contributed by atoms with van der Waals surface area (Å²) in [6.07, 6.45) is 1.95. The van der Waals surface area contributed by atoms with E-state index in [4.69, 9.17) is 0 Å². The van der Waals surface area contributed by atoms with Gasteiger partial charge in [-0.3, -0.25) is 0 Å². The molecule has 0 bridgehead atoms. The van der Waals surface area contributed by atoms with Crippen LogP contribution in [0.5, 0.6) is 0 Å². The van der Waals surface area contributed by atoms with Crippen LogP contribution < -0.4 is 10.4 Å². The van der Waals surface area contributed by atoms with Crippen molar-refractivity contribution < 1.29 is 5.11 Å². The van der Waals surface area contributed by atoms with Gasteiger partial charge in [0.1, 0.15) is 5.76 Å². The monoisotopic (exact) mass is 364 g/mol. The van der Waals surface area contributed by atoms with E-state index < -0.39 is 0 Å². The molecule has 0 radical (unpaired) electrons. The van der Waals surface area contributed by atoms with Crippen LogP contribution in [0.1, 0.15) is 17.5 Å². The second-order valence-corrected chi connectivity index (χ2v) is 5.67. The molecule has 0 fully saturated rings. The van der Waals surface area contributed by atoms with Crippen LogP contribution in [0, 0.1) is 0 Å². The molecular formula is C17H17IO. The first-order valence-electron chi connectivity index (χ1n) is 6.23. The number of benzene rings is 2. The van der Waals surface area contributed by atoms with Crippen LogP contribution in [0.4, 0.5) is 0 Å². The van der Waals surface area contributed by atoms with Gasteiger partial charge in [0.25, 0.3) is 0 Å². The molecule has 0 unspecified atom stereocenters. The second kappa shape index (κ2) is 5.78. The van der Waals surface area contributed by atoms with Gasteiger partial charge in [0.15, 0.2) is 0 Å². The molecular weight excluding hydrogens is 347 g/mol. The van der Waals surface area contributed by atoms with Gasteiger partial charge in [0.05, 0.1) is 0 Å². The van der Waals surface area contributed by atoms with E-state index in [1.54, 1.807) is 0 Å². The van der Waals surface area contributed by atoms with Crippen molar-refractivity contribution in [3.05, 3.63) is 52.4 Å². The summed E-state index contributed by atoms with van der Waals surface area (Å²) in [6, 6.07) is 8.06. The van der Waals surface area contributed by atoms with E-state index in [-0.39, 0.29) is 5.76 Å². The molecule has 0 aromatic heterocycles. The molecule has 98 valence electrons. The predicted octanol–water partition coefficient (Wildman–Crippen LogP) is 3.56. The number of rotatable bonds is 4. The Morgan fingerprint density at radius 1 is 1.11 bits per heavy atom. The summed E-state index contributed by atoms with van der Waals surface area (Å²) in [6.45, 7) is 12.0. The highest BCUT2D eigenvalue weighted by molar-refractivity contribution is 14.1. The Morgan fingerprint density at radius 3 is 2.21 bits per heavy atom. The van der Waals surface area contributed by atoms with Crippen molar-refractivity contribution >= 4 is 52.3 Å². The molecule has 19 heavy (non-hydrogen) atoms. The summed E-state index contributed by atoms with van der Waals surface area (Å²) in [5, 5.41) is 13.9. The molecule has 0 spiro atoms. The third-order valence-electron chi connectivity index (χ3n) is 3.39. The lowest BCUT2D eigenvalue weighted by molar-refractivity contribution is 0.512. The molecule has 2 rings (SSSR count). The lowest BCUT2D eigenvalue weighted by Gasteiger charge is -2.13. The molecule has 0 amide bonds. The third-order valence-corrected chi connectivity index (χ3v) is 4.16. The van der Waals surface area contributed by atoms with Crippen LogP contribution in [-0.4, -0.2) is 9.53 Å². The fourth-order valence-corrected chi connectivity index (χ4v) is 2.89. The van der Waals surface area contributed by atoms with E-state index in [1.165, 1.54) is 0 Å². The molecule has 0 atom stereocenters.